The van der Waals surface area contributed by atoms with Crippen LogP contribution in [-0.4, -0.2) is 28.5 Å². The van der Waals surface area contributed by atoms with Crippen LogP contribution in [0.4, 0.5) is 10.2 Å². The van der Waals surface area contributed by atoms with Gasteiger partial charge in [0.15, 0.2) is 11.5 Å². The summed E-state index contributed by atoms with van der Waals surface area (Å²) in [5.41, 5.74) is 6.32. The number of hydrogen-bond donors (Lipinski definition) is 2. The molecule has 6 nitrogen and oxygen atoms in total. The van der Waals surface area contributed by atoms with Gasteiger partial charge in [-0.1, -0.05) is 17.7 Å². The molecule has 1 saturated heterocycles. The molecule has 23 heavy (non-hydrogen) atoms. The molecule has 8 heteroatoms. The number of nitrogen functional groups attached to an aromatic ring is 1. The molecule has 1 aromatic carbocycles. The molecule has 0 aliphatic carbocycles. The quantitative estimate of drug-likeness (QED) is 0.896. The van der Waals surface area contributed by atoms with Gasteiger partial charge in [0.1, 0.15) is 11.9 Å². The van der Waals surface area contributed by atoms with Crippen LogP contribution in [-0.2, 0) is 4.74 Å². The molecule has 1 fully saturated rings. The number of rotatable bonds is 3. The Balaban J connectivity index is 1.78. The first-order valence-electron chi connectivity index (χ1n) is 7.00. The van der Waals surface area contributed by atoms with Gasteiger partial charge in [-0.15, -0.1) is 0 Å². The Kier molecular flexibility index (Phi) is 4.40. The van der Waals surface area contributed by atoms with Gasteiger partial charge in [-0.25, -0.2) is 14.4 Å². The average molecular weight is 337 g/mol. The Morgan fingerprint density at radius 3 is 2.91 bits per heavy atom. The van der Waals surface area contributed by atoms with Gasteiger partial charge in [-0.05, 0) is 24.1 Å². The number of aromatic nitrogens is 2. The molecule has 0 spiro atoms. The largest absolute Gasteiger partial charge is 0.382 e. The number of anilines is 1. The number of nitrogens with one attached hydrogen (secondary N) is 1. The number of carbonyl (C=O) groups excluding carboxylic acids is 1. The summed E-state index contributed by atoms with van der Waals surface area (Å²) >= 11 is 5.69. The minimum Gasteiger partial charge on any atom is -0.382 e. The molecule has 0 unspecified atom stereocenters. The summed E-state index contributed by atoms with van der Waals surface area (Å²) in [7, 11) is 0. The van der Waals surface area contributed by atoms with Crippen molar-refractivity contribution in [3.05, 3.63) is 52.7 Å². The summed E-state index contributed by atoms with van der Waals surface area (Å²) in [5.74, 6) is -0.911. The number of nitrogens with two attached hydrogens (primary N) is 1. The van der Waals surface area contributed by atoms with E-state index in [1.54, 1.807) is 6.07 Å². The highest BCUT2D eigenvalue weighted by atomic mass is 35.5. The second-order valence-corrected chi connectivity index (χ2v) is 5.53. The molecular formula is C15H14ClFN4O2. The van der Waals surface area contributed by atoms with E-state index in [1.165, 1.54) is 24.5 Å². The van der Waals surface area contributed by atoms with Gasteiger partial charge in [0.2, 0.25) is 0 Å². The molecule has 0 radical (unpaired) electrons. The summed E-state index contributed by atoms with van der Waals surface area (Å²) in [6.45, 7) is 0.454. The van der Waals surface area contributed by atoms with Crippen molar-refractivity contribution >= 4 is 23.3 Å². The second-order valence-electron chi connectivity index (χ2n) is 5.12. The number of amides is 1. The Bertz CT molecular complexity index is 743. The minimum absolute atomic E-state index is 0.0414. The molecule has 1 amide bonds. The van der Waals surface area contributed by atoms with E-state index in [9.17, 15) is 9.18 Å². The third-order valence-electron chi connectivity index (χ3n) is 3.62. The van der Waals surface area contributed by atoms with Crippen LogP contribution in [0.15, 0.2) is 30.6 Å². The fourth-order valence-corrected chi connectivity index (χ4v) is 2.63. The molecule has 3 N–H and O–H groups in total. The van der Waals surface area contributed by atoms with Crippen LogP contribution in [0.3, 0.4) is 0 Å². The Labute approximate surface area is 136 Å². The van der Waals surface area contributed by atoms with Gasteiger partial charge < -0.3 is 15.8 Å². The fourth-order valence-electron chi connectivity index (χ4n) is 2.52. The molecule has 2 aromatic rings. The van der Waals surface area contributed by atoms with E-state index in [0.29, 0.717) is 18.6 Å². The van der Waals surface area contributed by atoms with Gasteiger partial charge >= 0.3 is 0 Å². The van der Waals surface area contributed by atoms with Gasteiger partial charge in [0.05, 0.1) is 11.1 Å². The Morgan fingerprint density at radius 1 is 1.39 bits per heavy atom. The van der Waals surface area contributed by atoms with Crippen molar-refractivity contribution in [1.29, 1.82) is 0 Å². The molecule has 120 valence electrons. The summed E-state index contributed by atoms with van der Waals surface area (Å²) in [6, 6.07) is 4.14. The van der Waals surface area contributed by atoms with Crippen LogP contribution in [0, 0.1) is 5.82 Å². The fraction of sp³-hybridized carbons (Fsp3) is 0.267. The monoisotopic (exact) mass is 336 g/mol. The molecule has 3 rings (SSSR count). The lowest BCUT2D eigenvalue weighted by molar-refractivity contribution is 0.0817. The smallest absolute Gasteiger partial charge is 0.274 e. The van der Waals surface area contributed by atoms with E-state index < -0.39 is 17.8 Å². The number of hydrogen-bond acceptors (Lipinski definition) is 5. The summed E-state index contributed by atoms with van der Waals surface area (Å²) in [5, 5.41) is 2.86. The Hall–Kier alpha value is -2.25. The van der Waals surface area contributed by atoms with Crippen molar-refractivity contribution in [2.45, 2.75) is 18.6 Å². The maximum atomic E-state index is 13.6. The van der Waals surface area contributed by atoms with Crippen LogP contribution in [0.5, 0.6) is 0 Å². The summed E-state index contributed by atoms with van der Waals surface area (Å²) in [4.78, 5) is 20.0. The van der Waals surface area contributed by atoms with E-state index in [1.807, 2.05) is 0 Å². The number of halogens is 2. The zero-order chi connectivity index (χ0) is 16.4. The zero-order valence-electron chi connectivity index (χ0n) is 12.0. The van der Waals surface area contributed by atoms with Crippen molar-refractivity contribution in [2.75, 3.05) is 12.3 Å². The third-order valence-corrected chi connectivity index (χ3v) is 3.93. The number of benzene rings is 1. The van der Waals surface area contributed by atoms with Crippen LogP contribution in [0.2, 0.25) is 5.02 Å². The van der Waals surface area contributed by atoms with Crippen LogP contribution >= 0.6 is 11.6 Å². The predicted octanol–water partition coefficient (Wildman–Crippen LogP) is 2.11. The van der Waals surface area contributed by atoms with Gasteiger partial charge in [-0.2, -0.15) is 0 Å². The normalized spacial score (nSPS) is 20.4. The molecule has 0 bridgehead atoms. The highest BCUT2D eigenvalue weighted by Gasteiger charge is 2.32. The lowest BCUT2D eigenvalue weighted by atomic mass is 10.0. The summed E-state index contributed by atoms with van der Waals surface area (Å²) in [6.07, 6.45) is 2.94. The number of nitrogens with zero attached hydrogens (tertiary/aromatic N) is 2. The first-order valence-corrected chi connectivity index (χ1v) is 7.38. The van der Waals surface area contributed by atoms with Crippen molar-refractivity contribution in [2.24, 2.45) is 0 Å². The van der Waals surface area contributed by atoms with Gasteiger partial charge in [0.25, 0.3) is 5.91 Å². The standard InChI is InChI=1S/C15H14ClFN4O2/c16-9-2-1-8(7-10(9)17)13-11(3-6-23-13)21-15(22)12-14(18)20-5-4-19-12/h1-2,4-5,7,11,13H,3,6H2,(H2,18,20)(H,21,22)/t11-,13-/m0/s1. The molecule has 1 aliphatic rings. The number of ether oxygens (including phenoxy) is 1. The first kappa shape index (κ1) is 15.6. The topological polar surface area (TPSA) is 90.1 Å². The van der Waals surface area contributed by atoms with E-state index in [-0.39, 0.29) is 22.6 Å². The van der Waals surface area contributed by atoms with E-state index in [2.05, 4.69) is 15.3 Å². The lowest BCUT2D eigenvalue weighted by Gasteiger charge is -2.20. The highest BCUT2D eigenvalue weighted by Crippen LogP contribution is 2.31. The predicted molar refractivity (Wildman–Crippen MR) is 82.4 cm³/mol. The molecule has 2 atom stereocenters. The zero-order valence-corrected chi connectivity index (χ0v) is 12.8. The maximum Gasteiger partial charge on any atom is 0.274 e. The van der Waals surface area contributed by atoms with Crippen molar-refractivity contribution < 1.29 is 13.9 Å². The van der Waals surface area contributed by atoms with Gasteiger partial charge in [-0.3, -0.25) is 4.79 Å². The Morgan fingerprint density at radius 2 is 2.17 bits per heavy atom. The summed E-state index contributed by atoms with van der Waals surface area (Å²) < 4.78 is 19.3. The van der Waals surface area contributed by atoms with Crippen LogP contribution in [0.25, 0.3) is 0 Å². The third kappa shape index (κ3) is 3.25. The van der Waals surface area contributed by atoms with Crippen molar-refractivity contribution in [1.82, 2.24) is 15.3 Å². The van der Waals surface area contributed by atoms with E-state index >= 15 is 0 Å². The molecule has 2 heterocycles. The van der Waals surface area contributed by atoms with E-state index in [4.69, 9.17) is 22.1 Å². The van der Waals surface area contributed by atoms with Gasteiger partial charge in [0, 0.05) is 19.0 Å². The maximum absolute atomic E-state index is 13.6. The van der Waals surface area contributed by atoms with E-state index in [0.717, 1.165) is 0 Å². The second kappa shape index (κ2) is 6.47. The van der Waals surface area contributed by atoms with Crippen LogP contribution in [0.1, 0.15) is 28.6 Å². The van der Waals surface area contributed by atoms with Crippen LogP contribution < -0.4 is 11.1 Å². The number of carbonyl (C=O) groups is 1. The van der Waals surface area contributed by atoms with Crippen molar-refractivity contribution in [3.63, 3.8) is 0 Å². The SMILES string of the molecule is Nc1nccnc1C(=O)N[C@H]1CCO[C@H]1c1ccc(Cl)c(F)c1. The molecule has 0 saturated carbocycles. The minimum atomic E-state index is -0.525. The van der Waals surface area contributed by atoms with Crippen molar-refractivity contribution in [3.8, 4) is 0 Å². The molecule has 1 aromatic heterocycles. The highest BCUT2D eigenvalue weighted by molar-refractivity contribution is 6.30. The average Bonchev–Trinajstić information content (AvgIpc) is 2.98. The first-order chi connectivity index (χ1) is 11.1. The molecule has 1 aliphatic heterocycles. The lowest BCUT2D eigenvalue weighted by Crippen LogP contribution is -2.37. The molecular weight excluding hydrogens is 323 g/mol.